The highest BCUT2D eigenvalue weighted by Gasteiger charge is 2.12. The Morgan fingerprint density at radius 1 is 1.22 bits per heavy atom. The van der Waals surface area contributed by atoms with Crippen molar-refractivity contribution in [2.45, 2.75) is 58.3 Å². The van der Waals surface area contributed by atoms with E-state index in [9.17, 15) is 0 Å². The molecule has 23 heavy (non-hydrogen) atoms. The van der Waals surface area contributed by atoms with Gasteiger partial charge in [0.05, 0.1) is 0 Å². The fraction of sp³-hybridized carbons (Fsp3) is 0.684. The van der Waals surface area contributed by atoms with Crippen LogP contribution in [0.1, 0.15) is 56.1 Å². The normalized spacial score (nSPS) is 16.3. The average molecular weight is 316 g/mol. The van der Waals surface area contributed by atoms with Crippen LogP contribution in [0.3, 0.4) is 0 Å². The number of aryl methyl sites for hydroxylation is 1. The van der Waals surface area contributed by atoms with Crippen LogP contribution in [0.4, 0.5) is 0 Å². The molecule has 0 atom stereocenters. The summed E-state index contributed by atoms with van der Waals surface area (Å²) in [7, 11) is 1.84. The molecule has 0 unspecified atom stereocenters. The van der Waals surface area contributed by atoms with Crippen molar-refractivity contribution >= 4 is 5.96 Å². The highest BCUT2D eigenvalue weighted by molar-refractivity contribution is 5.79. The highest BCUT2D eigenvalue weighted by Crippen LogP contribution is 2.26. The minimum Gasteiger partial charge on any atom is -0.356 e. The van der Waals surface area contributed by atoms with E-state index in [4.69, 9.17) is 0 Å². The summed E-state index contributed by atoms with van der Waals surface area (Å²) < 4.78 is 0. The van der Waals surface area contributed by atoms with Crippen LogP contribution in [-0.2, 0) is 6.42 Å². The Labute approximate surface area is 141 Å². The molecule has 4 heteroatoms. The van der Waals surface area contributed by atoms with Crippen LogP contribution < -0.4 is 10.6 Å². The lowest BCUT2D eigenvalue weighted by atomic mass is 9.86. The molecule has 0 spiro atoms. The number of aliphatic imine (C=N–C) groups is 1. The molecule has 0 amide bonds. The first-order valence-corrected chi connectivity index (χ1v) is 9.13. The number of rotatable bonds is 7. The summed E-state index contributed by atoms with van der Waals surface area (Å²) in [6, 6.07) is 2.09. The second-order valence-corrected chi connectivity index (χ2v) is 6.62. The first kappa shape index (κ1) is 17.8. The van der Waals surface area contributed by atoms with E-state index in [-0.39, 0.29) is 0 Å². The van der Waals surface area contributed by atoms with Gasteiger partial charge in [-0.05, 0) is 49.3 Å². The zero-order valence-electron chi connectivity index (χ0n) is 14.8. The number of nitrogens with one attached hydrogen (secondary N) is 2. The van der Waals surface area contributed by atoms with Gasteiger partial charge in [-0.1, -0.05) is 32.1 Å². The van der Waals surface area contributed by atoms with E-state index < -0.39 is 0 Å². The van der Waals surface area contributed by atoms with E-state index in [1.54, 1.807) is 0 Å². The Bertz CT molecular complexity index is 478. The molecule has 0 aliphatic heterocycles. The number of aromatic nitrogens is 1. The average Bonchev–Trinajstić information content (AvgIpc) is 2.59. The van der Waals surface area contributed by atoms with Crippen molar-refractivity contribution < 1.29 is 0 Å². The quantitative estimate of drug-likeness (QED) is 0.460. The van der Waals surface area contributed by atoms with Crippen LogP contribution in [0.15, 0.2) is 23.5 Å². The van der Waals surface area contributed by atoms with Gasteiger partial charge in [-0.15, -0.1) is 0 Å². The van der Waals surface area contributed by atoms with Crippen molar-refractivity contribution in [3.05, 3.63) is 29.6 Å². The van der Waals surface area contributed by atoms with Gasteiger partial charge in [0.25, 0.3) is 0 Å². The predicted octanol–water partition coefficient (Wildman–Crippen LogP) is 3.46. The standard InChI is InChI=1S/C19H32N4/c1-16-15-21-13-10-18(16)11-14-23-19(20-2)22-12-6-9-17-7-4-3-5-8-17/h10,13,15,17H,3-9,11-12,14H2,1-2H3,(H2,20,22,23). The van der Waals surface area contributed by atoms with Gasteiger partial charge in [-0.2, -0.15) is 0 Å². The first-order valence-electron chi connectivity index (χ1n) is 9.13. The van der Waals surface area contributed by atoms with Crippen molar-refractivity contribution in [2.75, 3.05) is 20.1 Å². The van der Waals surface area contributed by atoms with Gasteiger partial charge < -0.3 is 10.6 Å². The zero-order chi connectivity index (χ0) is 16.3. The van der Waals surface area contributed by atoms with Crippen LogP contribution >= 0.6 is 0 Å². The molecule has 1 heterocycles. The first-order chi connectivity index (χ1) is 11.3. The monoisotopic (exact) mass is 316 g/mol. The van der Waals surface area contributed by atoms with Gasteiger partial charge in [0.2, 0.25) is 0 Å². The van der Waals surface area contributed by atoms with E-state index in [2.05, 4.69) is 33.6 Å². The third kappa shape index (κ3) is 6.59. The maximum Gasteiger partial charge on any atom is 0.190 e. The van der Waals surface area contributed by atoms with Crippen molar-refractivity contribution in [3.8, 4) is 0 Å². The molecule has 0 aromatic carbocycles. The molecule has 2 N–H and O–H groups in total. The molecular weight excluding hydrogens is 284 g/mol. The molecule has 1 aliphatic carbocycles. The largest absolute Gasteiger partial charge is 0.356 e. The number of pyridine rings is 1. The van der Waals surface area contributed by atoms with Gasteiger partial charge in [-0.3, -0.25) is 9.98 Å². The van der Waals surface area contributed by atoms with Gasteiger partial charge in [0.1, 0.15) is 0 Å². The van der Waals surface area contributed by atoms with E-state index in [1.165, 1.54) is 56.1 Å². The molecule has 2 rings (SSSR count). The number of hydrogen-bond donors (Lipinski definition) is 2. The van der Waals surface area contributed by atoms with Crippen LogP contribution in [0, 0.1) is 12.8 Å². The molecule has 1 aromatic rings. The minimum absolute atomic E-state index is 0.896. The summed E-state index contributed by atoms with van der Waals surface area (Å²) in [6.45, 7) is 4.03. The third-order valence-electron chi connectivity index (χ3n) is 4.85. The van der Waals surface area contributed by atoms with E-state index in [0.717, 1.165) is 31.4 Å². The molecule has 128 valence electrons. The molecule has 1 fully saturated rings. The fourth-order valence-electron chi connectivity index (χ4n) is 3.39. The smallest absolute Gasteiger partial charge is 0.190 e. The van der Waals surface area contributed by atoms with Crippen LogP contribution in [-0.4, -0.2) is 31.1 Å². The van der Waals surface area contributed by atoms with Gasteiger partial charge in [-0.25, -0.2) is 0 Å². The molecule has 1 saturated carbocycles. The summed E-state index contributed by atoms with van der Waals surface area (Å²) >= 11 is 0. The Balaban J connectivity index is 1.59. The number of guanidine groups is 1. The Morgan fingerprint density at radius 2 is 2.00 bits per heavy atom. The zero-order valence-corrected chi connectivity index (χ0v) is 14.8. The topological polar surface area (TPSA) is 49.3 Å². The maximum atomic E-state index is 4.31. The lowest BCUT2D eigenvalue weighted by molar-refractivity contribution is 0.332. The van der Waals surface area contributed by atoms with Crippen LogP contribution in [0.5, 0.6) is 0 Å². The molecule has 1 aliphatic rings. The molecule has 0 radical (unpaired) electrons. The highest BCUT2D eigenvalue weighted by atomic mass is 15.2. The van der Waals surface area contributed by atoms with E-state index >= 15 is 0 Å². The third-order valence-corrected chi connectivity index (χ3v) is 4.85. The lowest BCUT2D eigenvalue weighted by Crippen LogP contribution is -2.38. The van der Waals surface area contributed by atoms with Gasteiger partial charge in [0, 0.05) is 32.5 Å². The Hall–Kier alpha value is -1.58. The van der Waals surface area contributed by atoms with Crippen molar-refractivity contribution in [2.24, 2.45) is 10.9 Å². The summed E-state index contributed by atoms with van der Waals surface area (Å²) in [5.74, 6) is 1.88. The van der Waals surface area contributed by atoms with Gasteiger partial charge >= 0.3 is 0 Å². The molecule has 4 nitrogen and oxygen atoms in total. The second kappa shape index (κ2) is 10.2. The van der Waals surface area contributed by atoms with Crippen molar-refractivity contribution in [3.63, 3.8) is 0 Å². The Morgan fingerprint density at radius 3 is 2.74 bits per heavy atom. The molecular formula is C19H32N4. The fourth-order valence-corrected chi connectivity index (χ4v) is 3.39. The second-order valence-electron chi connectivity index (χ2n) is 6.62. The summed E-state index contributed by atoms with van der Waals surface area (Å²) in [6.07, 6.45) is 14.6. The van der Waals surface area contributed by atoms with Gasteiger partial charge in [0.15, 0.2) is 5.96 Å². The lowest BCUT2D eigenvalue weighted by Gasteiger charge is -2.21. The predicted molar refractivity (Wildman–Crippen MR) is 97.9 cm³/mol. The SMILES string of the molecule is CN=C(NCCCC1CCCCC1)NCCc1ccncc1C. The van der Waals surface area contributed by atoms with E-state index in [1.807, 2.05) is 19.4 Å². The number of nitrogens with zero attached hydrogens (tertiary/aromatic N) is 2. The van der Waals surface area contributed by atoms with Crippen LogP contribution in [0.2, 0.25) is 0 Å². The summed E-state index contributed by atoms with van der Waals surface area (Å²) in [5, 5.41) is 6.84. The molecule has 0 saturated heterocycles. The number of hydrogen-bond acceptors (Lipinski definition) is 2. The van der Waals surface area contributed by atoms with Crippen molar-refractivity contribution in [1.82, 2.24) is 15.6 Å². The maximum absolute atomic E-state index is 4.31. The molecule has 0 bridgehead atoms. The summed E-state index contributed by atoms with van der Waals surface area (Å²) in [4.78, 5) is 8.44. The summed E-state index contributed by atoms with van der Waals surface area (Å²) in [5.41, 5.74) is 2.60. The Kier molecular flexibility index (Phi) is 7.91. The minimum atomic E-state index is 0.896. The van der Waals surface area contributed by atoms with Crippen molar-refractivity contribution in [1.29, 1.82) is 0 Å². The van der Waals surface area contributed by atoms with Crippen LogP contribution in [0.25, 0.3) is 0 Å². The molecule has 1 aromatic heterocycles. The van der Waals surface area contributed by atoms with E-state index in [0.29, 0.717) is 0 Å².